The molecule has 0 spiro atoms. The third-order valence-electron chi connectivity index (χ3n) is 3.33. The minimum absolute atomic E-state index is 0.795. The molecule has 0 aromatic carbocycles. The van der Waals surface area contributed by atoms with E-state index >= 15 is 0 Å². The van der Waals surface area contributed by atoms with E-state index in [-0.39, 0.29) is 0 Å². The highest BCUT2D eigenvalue weighted by Gasteiger charge is 2.00. The topological polar surface area (TPSA) is 61.7 Å². The highest BCUT2D eigenvalue weighted by molar-refractivity contribution is 6.02. The highest BCUT2D eigenvalue weighted by atomic mass is 14.9. The fraction of sp³-hybridized carbons (Fsp3) is 0.562. The van der Waals surface area contributed by atoms with Crippen molar-refractivity contribution in [1.82, 2.24) is 15.6 Å². The smallest absolute Gasteiger partial charge is 0.0545 e. The van der Waals surface area contributed by atoms with E-state index in [1.807, 2.05) is 0 Å². The summed E-state index contributed by atoms with van der Waals surface area (Å²) in [4.78, 5) is 13.8. The first-order valence-corrected chi connectivity index (χ1v) is 7.60. The summed E-state index contributed by atoms with van der Waals surface area (Å²) < 4.78 is 0. The SMILES string of the molecule is CC1=NCCNCc2cccc(n2)CNCCN=C(C)C1. The second-order valence-electron chi connectivity index (χ2n) is 5.38. The second-order valence-corrected chi connectivity index (χ2v) is 5.38. The number of nitrogens with one attached hydrogen (secondary N) is 2. The minimum Gasteiger partial charge on any atom is -0.309 e. The van der Waals surface area contributed by atoms with Gasteiger partial charge >= 0.3 is 0 Å². The zero-order valence-electron chi connectivity index (χ0n) is 13.0. The van der Waals surface area contributed by atoms with Gasteiger partial charge in [0.25, 0.3) is 0 Å². The van der Waals surface area contributed by atoms with Crippen LogP contribution in [-0.2, 0) is 13.1 Å². The number of aliphatic imine (C=N–C) groups is 2. The van der Waals surface area contributed by atoms with Crippen molar-refractivity contribution >= 4 is 11.4 Å². The molecule has 0 radical (unpaired) electrons. The van der Waals surface area contributed by atoms with E-state index in [1.165, 1.54) is 0 Å². The Morgan fingerprint density at radius 3 is 1.90 bits per heavy atom. The van der Waals surface area contributed by atoms with Gasteiger partial charge in [-0.05, 0) is 26.0 Å². The Kier molecular flexibility index (Phi) is 6.50. The average molecular weight is 287 g/mol. The number of pyridine rings is 1. The van der Waals surface area contributed by atoms with E-state index in [0.29, 0.717) is 0 Å². The van der Waals surface area contributed by atoms with Gasteiger partial charge in [-0.15, -0.1) is 0 Å². The maximum absolute atomic E-state index is 4.64. The van der Waals surface area contributed by atoms with Gasteiger partial charge in [0.15, 0.2) is 0 Å². The summed E-state index contributed by atoms with van der Waals surface area (Å²) in [5.74, 6) is 0. The van der Waals surface area contributed by atoms with Gasteiger partial charge in [-0.2, -0.15) is 0 Å². The van der Waals surface area contributed by atoms with Crippen molar-refractivity contribution in [3.63, 3.8) is 0 Å². The summed E-state index contributed by atoms with van der Waals surface area (Å²) in [5, 5.41) is 6.77. The first-order chi connectivity index (χ1) is 10.2. The Morgan fingerprint density at radius 2 is 1.38 bits per heavy atom. The molecule has 0 amide bonds. The predicted molar refractivity (Wildman–Crippen MR) is 88.2 cm³/mol. The summed E-state index contributed by atoms with van der Waals surface area (Å²) in [6.07, 6.45) is 0.876. The molecular weight excluding hydrogens is 262 g/mol. The maximum atomic E-state index is 4.64. The summed E-state index contributed by atoms with van der Waals surface area (Å²) in [6, 6.07) is 6.18. The number of hydrogen-bond donors (Lipinski definition) is 2. The van der Waals surface area contributed by atoms with E-state index in [0.717, 1.165) is 68.5 Å². The van der Waals surface area contributed by atoms with Crippen molar-refractivity contribution in [1.29, 1.82) is 0 Å². The molecule has 2 N–H and O–H groups in total. The Bertz CT molecular complexity index is 466. The second kappa shape index (κ2) is 8.64. The molecule has 0 unspecified atom stereocenters. The molecule has 5 nitrogen and oxygen atoms in total. The number of hydrogen-bond acceptors (Lipinski definition) is 5. The van der Waals surface area contributed by atoms with Crippen LogP contribution in [0.4, 0.5) is 0 Å². The predicted octanol–water partition coefficient (Wildman–Crippen LogP) is 1.59. The van der Waals surface area contributed by atoms with Gasteiger partial charge < -0.3 is 10.6 Å². The third kappa shape index (κ3) is 6.14. The molecule has 1 aromatic heterocycles. The zero-order chi connectivity index (χ0) is 14.9. The standard InChI is InChI=1S/C16H25N5/c1-13-10-14(2)20-9-7-18-12-16-5-3-4-15(21-16)11-17-6-8-19-13/h3-5,17-18H,6-12H2,1-2H3. The quantitative estimate of drug-likeness (QED) is 0.761. The van der Waals surface area contributed by atoms with Crippen molar-refractivity contribution in [2.45, 2.75) is 33.4 Å². The Balaban J connectivity index is 2.00. The lowest BCUT2D eigenvalue weighted by atomic mass is 10.2. The Morgan fingerprint density at radius 1 is 0.857 bits per heavy atom. The molecule has 2 rings (SSSR count). The number of nitrogens with zero attached hydrogens (tertiary/aromatic N) is 3. The fourth-order valence-electron chi connectivity index (χ4n) is 2.29. The van der Waals surface area contributed by atoms with Crippen LogP contribution in [0.2, 0.25) is 0 Å². The van der Waals surface area contributed by atoms with Gasteiger partial charge in [0.1, 0.15) is 0 Å². The molecule has 2 heterocycles. The summed E-state index contributed by atoms with van der Waals surface area (Å²) in [5.41, 5.74) is 4.46. The van der Waals surface area contributed by atoms with Gasteiger partial charge in [-0.25, -0.2) is 0 Å². The average Bonchev–Trinajstić information content (AvgIpc) is 2.46. The van der Waals surface area contributed by atoms with Crippen molar-refractivity contribution < 1.29 is 0 Å². The monoisotopic (exact) mass is 287 g/mol. The molecule has 114 valence electrons. The molecule has 0 saturated carbocycles. The van der Waals surface area contributed by atoms with Crippen LogP contribution in [0, 0.1) is 0 Å². The lowest BCUT2D eigenvalue weighted by Crippen LogP contribution is -2.21. The van der Waals surface area contributed by atoms with E-state index in [9.17, 15) is 0 Å². The molecule has 1 aliphatic heterocycles. The van der Waals surface area contributed by atoms with E-state index in [1.54, 1.807) is 0 Å². The Labute approximate surface area is 127 Å². The van der Waals surface area contributed by atoms with E-state index in [4.69, 9.17) is 0 Å². The number of rotatable bonds is 0. The van der Waals surface area contributed by atoms with Gasteiger partial charge in [-0.1, -0.05) is 6.07 Å². The van der Waals surface area contributed by atoms with Crippen LogP contribution < -0.4 is 10.6 Å². The number of fused-ring (bicyclic) bond motifs is 2. The molecule has 0 atom stereocenters. The lowest BCUT2D eigenvalue weighted by Gasteiger charge is -2.08. The first kappa shape index (κ1) is 15.8. The lowest BCUT2D eigenvalue weighted by molar-refractivity contribution is 0.658. The van der Waals surface area contributed by atoms with Gasteiger partial charge in [-0.3, -0.25) is 15.0 Å². The maximum Gasteiger partial charge on any atom is 0.0545 e. The molecule has 5 heteroatoms. The van der Waals surface area contributed by atoms with Gasteiger partial charge in [0, 0.05) is 44.0 Å². The van der Waals surface area contributed by atoms with Crippen LogP contribution in [0.5, 0.6) is 0 Å². The van der Waals surface area contributed by atoms with Crippen LogP contribution in [0.25, 0.3) is 0 Å². The highest BCUT2D eigenvalue weighted by Crippen LogP contribution is 1.99. The largest absolute Gasteiger partial charge is 0.309 e. The van der Waals surface area contributed by atoms with Crippen LogP contribution in [-0.4, -0.2) is 42.6 Å². The van der Waals surface area contributed by atoms with Crippen LogP contribution in [0.1, 0.15) is 31.7 Å². The van der Waals surface area contributed by atoms with Gasteiger partial charge in [0.2, 0.25) is 0 Å². The summed E-state index contributed by atoms with van der Waals surface area (Å²) in [7, 11) is 0. The molecule has 1 aliphatic rings. The molecule has 1 aromatic rings. The van der Waals surface area contributed by atoms with E-state index in [2.05, 4.69) is 57.6 Å². The Hall–Kier alpha value is -1.59. The van der Waals surface area contributed by atoms with Crippen molar-refractivity contribution in [3.8, 4) is 0 Å². The van der Waals surface area contributed by atoms with Crippen LogP contribution in [0.3, 0.4) is 0 Å². The summed E-state index contributed by atoms with van der Waals surface area (Å²) in [6.45, 7) is 9.10. The third-order valence-corrected chi connectivity index (χ3v) is 3.33. The fourth-order valence-corrected chi connectivity index (χ4v) is 2.29. The van der Waals surface area contributed by atoms with Crippen LogP contribution >= 0.6 is 0 Å². The molecule has 2 bridgehead atoms. The normalized spacial score (nSPS) is 18.8. The number of aromatic nitrogens is 1. The zero-order valence-corrected chi connectivity index (χ0v) is 13.0. The molecule has 0 saturated heterocycles. The van der Waals surface area contributed by atoms with Crippen LogP contribution in [0.15, 0.2) is 28.2 Å². The molecular formula is C16H25N5. The molecule has 0 aliphatic carbocycles. The first-order valence-electron chi connectivity index (χ1n) is 7.60. The summed E-state index contributed by atoms with van der Waals surface area (Å²) >= 11 is 0. The van der Waals surface area contributed by atoms with Gasteiger partial charge in [0.05, 0.1) is 24.5 Å². The minimum atomic E-state index is 0.795. The molecule has 21 heavy (non-hydrogen) atoms. The molecule has 0 fully saturated rings. The van der Waals surface area contributed by atoms with Crippen molar-refractivity contribution in [2.75, 3.05) is 26.2 Å². The van der Waals surface area contributed by atoms with Crippen molar-refractivity contribution in [3.05, 3.63) is 29.6 Å². The van der Waals surface area contributed by atoms with Crippen molar-refractivity contribution in [2.24, 2.45) is 9.98 Å². The van der Waals surface area contributed by atoms with E-state index < -0.39 is 0 Å².